The average molecular weight is 480 g/mol. The number of nitrogens with zero attached hydrogens (tertiary/aromatic N) is 3. The highest BCUT2D eigenvalue weighted by Crippen LogP contribution is 2.30. The maximum Gasteiger partial charge on any atom is 0.266 e. The molecule has 0 radical (unpaired) electrons. The number of para-hydroxylation sites is 2. The molecule has 1 atom stereocenters. The van der Waals surface area contributed by atoms with Crippen LogP contribution in [0.3, 0.4) is 0 Å². The Hall–Kier alpha value is -3.29. The average Bonchev–Trinajstić information content (AvgIpc) is 2.84. The number of carbonyl (C=O) groups is 1. The molecule has 1 heterocycles. The molecule has 0 aliphatic heterocycles. The lowest BCUT2D eigenvalue weighted by atomic mass is 10.2. The van der Waals surface area contributed by atoms with Crippen LogP contribution in [0, 0.1) is 0 Å². The molecule has 33 heavy (non-hydrogen) atoms. The van der Waals surface area contributed by atoms with Crippen molar-refractivity contribution in [2.45, 2.75) is 17.3 Å². The zero-order chi connectivity index (χ0) is 23.5. The molecule has 0 fully saturated rings. The van der Waals surface area contributed by atoms with E-state index in [9.17, 15) is 9.59 Å². The lowest BCUT2D eigenvalue weighted by Crippen LogP contribution is -2.33. The van der Waals surface area contributed by atoms with Gasteiger partial charge in [-0.2, -0.15) is 0 Å². The number of aromatic nitrogens is 2. The number of benzene rings is 3. The van der Waals surface area contributed by atoms with Crippen molar-refractivity contribution in [3.05, 3.63) is 88.2 Å². The van der Waals surface area contributed by atoms with Crippen molar-refractivity contribution in [1.82, 2.24) is 9.55 Å². The van der Waals surface area contributed by atoms with Crippen LogP contribution in [0.25, 0.3) is 16.6 Å². The number of hydrogen-bond acceptors (Lipinski definition) is 5. The summed E-state index contributed by atoms with van der Waals surface area (Å²) in [4.78, 5) is 32.9. The zero-order valence-corrected chi connectivity index (χ0v) is 19.9. The molecule has 168 valence electrons. The SMILES string of the molecule is COc1ccc(-n2c(S[C@@H](C)C(=O)N(C)c3ccccc3)nc3ccccc3c2=O)cc1Cl. The summed E-state index contributed by atoms with van der Waals surface area (Å²) in [7, 11) is 3.27. The van der Waals surface area contributed by atoms with Crippen molar-refractivity contribution in [1.29, 1.82) is 0 Å². The Bertz CT molecular complexity index is 1370. The van der Waals surface area contributed by atoms with Gasteiger partial charge in [0.2, 0.25) is 5.91 Å². The highest BCUT2D eigenvalue weighted by molar-refractivity contribution is 8.00. The van der Waals surface area contributed by atoms with Gasteiger partial charge in [0.05, 0.1) is 34.0 Å². The predicted molar refractivity (Wildman–Crippen MR) is 134 cm³/mol. The molecule has 0 N–H and O–H groups in total. The van der Waals surface area contributed by atoms with E-state index in [-0.39, 0.29) is 11.5 Å². The monoisotopic (exact) mass is 479 g/mol. The molecule has 0 unspecified atom stereocenters. The minimum Gasteiger partial charge on any atom is -0.495 e. The van der Waals surface area contributed by atoms with Crippen LogP contribution in [0.2, 0.25) is 5.02 Å². The molecule has 0 saturated heterocycles. The van der Waals surface area contributed by atoms with Crippen LogP contribution in [0.15, 0.2) is 82.7 Å². The van der Waals surface area contributed by atoms with Crippen molar-refractivity contribution in [2.75, 3.05) is 19.1 Å². The lowest BCUT2D eigenvalue weighted by molar-refractivity contribution is -0.117. The van der Waals surface area contributed by atoms with Crippen LogP contribution < -0.4 is 15.2 Å². The Kier molecular flexibility index (Phi) is 6.72. The predicted octanol–water partition coefficient (Wildman–Crippen LogP) is 5.19. The van der Waals surface area contributed by atoms with Gasteiger partial charge in [-0.25, -0.2) is 4.98 Å². The first-order chi connectivity index (χ1) is 15.9. The van der Waals surface area contributed by atoms with Crippen LogP contribution in [0.5, 0.6) is 5.75 Å². The van der Waals surface area contributed by atoms with Gasteiger partial charge in [-0.15, -0.1) is 0 Å². The van der Waals surface area contributed by atoms with Gasteiger partial charge < -0.3 is 9.64 Å². The summed E-state index contributed by atoms with van der Waals surface area (Å²) in [5.41, 5.74) is 1.67. The lowest BCUT2D eigenvalue weighted by Gasteiger charge is -2.22. The standard InChI is InChI=1S/C25H22ClN3O3S/c1-16(23(30)28(2)17-9-5-4-6-10-17)33-25-27-21-12-8-7-11-19(21)24(31)29(25)18-13-14-22(32-3)20(26)15-18/h4-16H,1-3H3/t16-/m0/s1. The van der Waals surface area contributed by atoms with E-state index in [4.69, 9.17) is 21.3 Å². The van der Waals surface area contributed by atoms with Gasteiger partial charge in [-0.3, -0.25) is 14.2 Å². The van der Waals surface area contributed by atoms with Crippen LogP contribution >= 0.6 is 23.4 Å². The number of hydrogen-bond donors (Lipinski definition) is 0. The van der Waals surface area contributed by atoms with Crippen molar-refractivity contribution in [3.63, 3.8) is 0 Å². The Morgan fingerprint density at radius 2 is 1.79 bits per heavy atom. The van der Waals surface area contributed by atoms with Crippen LogP contribution in [-0.4, -0.2) is 34.9 Å². The molecule has 0 saturated carbocycles. The van der Waals surface area contributed by atoms with Crippen LogP contribution in [0.4, 0.5) is 5.69 Å². The fourth-order valence-corrected chi connectivity index (χ4v) is 4.75. The summed E-state index contributed by atoms with van der Waals surface area (Å²) in [6, 6.07) is 21.7. The molecule has 3 aromatic carbocycles. The number of fused-ring (bicyclic) bond motifs is 1. The molecule has 8 heteroatoms. The van der Waals surface area contributed by atoms with Gasteiger partial charge in [-0.05, 0) is 49.4 Å². The zero-order valence-electron chi connectivity index (χ0n) is 18.4. The Labute approximate surface area is 200 Å². The number of ether oxygens (including phenoxy) is 1. The Morgan fingerprint density at radius 3 is 2.48 bits per heavy atom. The smallest absolute Gasteiger partial charge is 0.266 e. The van der Waals surface area contributed by atoms with E-state index in [2.05, 4.69) is 0 Å². The summed E-state index contributed by atoms with van der Waals surface area (Å²) >= 11 is 7.57. The van der Waals surface area contributed by atoms with Crippen molar-refractivity contribution < 1.29 is 9.53 Å². The number of methoxy groups -OCH3 is 1. The highest BCUT2D eigenvalue weighted by atomic mass is 35.5. The van der Waals surface area contributed by atoms with Crippen molar-refractivity contribution >= 4 is 45.9 Å². The summed E-state index contributed by atoms with van der Waals surface area (Å²) in [6.45, 7) is 1.80. The second kappa shape index (κ2) is 9.68. The number of thioether (sulfide) groups is 1. The third kappa shape index (κ3) is 4.60. The minimum atomic E-state index is -0.497. The first kappa shape index (κ1) is 22.9. The van der Waals surface area contributed by atoms with Gasteiger partial charge in [0.1, 0.15) is 5.75 Å². The molecule has 4 aromatic rings. The van der Waals surface area contributed by atoms with Crippen molar-refractivity contribution in [3.8, 4) is 11.4 Å². The third-order valence-electron chi connectivity index (χ3n) is 5.24. The highest BCUT2D eigenvalue weighted by Gasteiger charge is 2.23. The van der Waals surface area contributed by atoms with Gasteiger partial charge in [-0.1, -0.05) is 53.7 Å². The van der Waals surface area contributed by atoms with Crippen molar-refractivity contribution in [2.24, 2.45) is 0 Å². The normalized spacial score (nSPS) is 11.9. The first-order valence-electron chi connectivity index (χ1n) is 10.3. The fourth-order valence-electron chi connectivity index (χ4n) is 3.47. The van der Waals surface area contributed by atoms with E-state index in [1.54, 1.807) is 55.3 Å². The number of rotatable bonds is 6. The number of amides is 1. The number of halogens is 1. The summed E-state index contributed by atoms with van der Waals surface area (Å²) in [5.74, 6) is 0.400. The quantitative estimate of drug-likeness (QED) is 0.281. The van der Waals surface area contributed by atoms with Crippen LogP contribution in [0.1, 0.15) is 6.92 Å². The van der Waals surface area contributed by atoms with E-state index in [1.807, 2.05) is 36.4 Å². The molecular formula is C25H22ClN3O3S. The second-order valence-corrected chi connectivity index (χ2v) is 9.08. The summed E-state index contributed by atoms with van der Waals surface area (Å²) in [6.07, 6.45) is 0. The molecule has 1 amide bonds. The maximum absolute atomic E-state index is 13.5. The van der Waals surface area contributed by atoms with Gasteiger partial charge in [0.15, 0.2) is 5.16 Å². The summed E-state index contributed by atoms with van der Waals surface area (Å²) < 4.78 is 6.73. The van der Waals surface area contributed by atoms with E-state index in [1.165, 1.54) is 23.4 Å². The molecular weight excluding hydrogens is 458 g/mol. The second-order valence-electron chi connectivity index (χ2n) is 7.36. The topological polar surface area (TPSA) is 64.4 Å². The number of anilines is 1. The fraction of sp³-hybridized carbons (Fsp3) is 0.160. The molecule has 0 aliphatic rings. The largest absolute Gasteiger partial charge is 0.495 e. The minimum absolute atomic E-state index is 0.104. The molecule has 4 rings (SSSR count). The molecule has 6 nitrogen and oxygen atoms in total. The first-order valence-corrected chi connectivity index (χ1v) is 11.5. The Morgan fingerprint density at radius 1 is 1.09 bits per heavy atom. The third-order valence-corrected chi connectivity index (χ3v) is 6.58. The van der Waals surface area contributed by atoms with E-state index < -0.39 is 5.25 Å². The molecule has 0 spiro atoms. The maximum atomic E-state index is 13.5. The molecule has 1 aromatic heterocycles. The number of carbonyl (C=O) groups excluding carboxylic acids is 1. The van der Waals surface area contributed by atoms with E-state index >= 15 is 0 Å². The van der Waals surface area contributed by atoms with E-state index in [0.29, 0.717) is 32.5 Å². The van der Waals surface area contributed by atoms with Gasteiger partial charge >= 0.3 is 0 Å². The summed E-state index contributed by atoms with van der Waals surface area (Å²) in [5, 5.41) is 0.763. The van der Waals surface area contributed by atoms with Gasteiger partial charge in [0, 0.05) is 12.7 Å². The van der Waals surface area contributed by atoms with E-state index in [0.717, 1.165) is 5.69 Å². The van der Waals surface area contributed by atoms with Gasteiger partial charge in [0.25, 0.3) is 5.56 Å². The molecule has 0 aliphatic carbocycles. The molecule has 0 bridgehead atoms. The van der Waals surface area contributed by atoms with Crippen LogP contribution in [-0.2, 0) is 4.79 Å². The Balaban J connectivity index is 1.78.